The first kappa shape index (κ1) is 24.7. The first-order valence-corrected chi connectivity index (χ1v) is 19.2. The van der Waals surface area contributed by atoms with Crippen molar-refractivity contribution in [2.45, 2.75) is 66.0 Å². The topological polar surface area (TPSA) is 0 Å². The molecular weight excluding hydrogens is 447 g/mol. The molecule has 2 rings (SSSR count). The van der Waals surface area contributed by atoms with Crippen molar-refractivity contribution in [1.82, 2.24) is 0 Å². The second kappa shape index (κ2) is 9.09. The predicted octanol–water partition coefficient (Wildman–Crippen LogP) is 6.84. The Labute approximate surface area is 171 Å². The van der Waals surface area contributed by atoms with Crippen LogP contribution in [-0.2, 0) is 21.3 Å². The van der Waals surface area contributed by atoms with Crippen molar-refractivity contribution < 1.29 is 21.3 Å². The SMILES string of the molecule is C[C](C)=[Zr]([C]1=CC([Si](C)(C)C)=CC1)[C]1=CC([Si](C)(C)C)=CC1.Cl.Cl. The summed E-state index contributed by atoms with van der Waals surface area (Å²) in [6.07, 6.45) is 12.8. The molecule has 0 aromatic rings. The molecule has 0 nitrogen and oxygen atoms in total. The molecule has 0 fully saturated rings. The molecule has 0 unspecified atom stereocenters. The van der Waals surface area contributed by atoms with E-state index in [1.807, 2.05) is 6.56 Å². The van der Waals surface area contributed by atoms with E-state index in [0.717, 1.165) is 0 Å². The summed E-state index contributed by atoms with van der Waals surface area (Å²) in [5, 5.41) is 3.39. The van der Waals surface area contributed by atoms with Crippen LogP contribution in [0, 0.1) is 0 Å². The van der Waals surface area contributed by atoms with Gasteiger partial charge in [0.1, 0.15) is 0 Å². The van der Waals surface area contributed by atoms with Crippen molar-refractivity contribution in [3.8, 4) is 0 Å². The number of hydrogen-bond donors (Lipinski definition) is 0. The number of hydrogen-bond acceptors (Lipinski definition) is 0. The van der Waals surface area contributed by atoms with Gasteiger partial charge in [-0.3, -0.25) is 0 Å². The van der Waals surface area contributed by atoms with Gasteiger partial charge in [0.15, 0.2) is 0 Å². The number of allylic oxidation sites excluding steroid dienone is 8. The molecule has 0 aromatic heterocycles. The van der Waals surface area contributed by atoms with E-state index in [-0.39, 0.29) is 24.8 Å². The molecule has 2 aliphatic carbocycles. The molecule has 0 spiro atoms. The Morgan fingerprint density at radius 2 is 1.08 bits per heavy atom. The first-order chi connectivity index (χ1) is 10.00. The van der Waals surface area contributed by atoms with Crippen molar-refractivity contribution in [3.05, 3.63) is 41.3 Å². The maximum Gasteiger partial charge on any atom is -0.147 e. The summed E-state index contributed by atoms with van der Waals surface area (Å²) in [5.74, 6) is 0. The van der Waals surface area contributed by atoms with Crippen LogP contribution in [0.25, 0.3) is 0 Å². The van der Waals surface area contributed by atoms with Crippen molar-refractivity contribution in [2.75, 3.05) is 0 Å². The average molecular weight is 481 g/mol. The fraction of sp³-hybridized carbons (Fsp3) is 0.526. The van der Waals surface area contributed by atoms with Crippen LogP contribution in [-0.4, -0.2) is 19.4 Å². The van der Waals surface area contributed by atoms with Gasteiger partial charge in [-0.25, -0.2) is 0 Å². The predicted molar refractivity (Wildman–Crippen MR) is 119 cm³/mol. The van der Waals surface area contributed by atoms with E-state index >= 15 is 0 Å². The molecular formula is C19H34Cl2Si2Zr. The third-order valence-electron chi connectivity index (χ3n) is 4.62. The molecule has 0 aliphatic heterocycles. The van der Waals surface area contributed by atoms with Crippen molar-refractivity contribution in [1.29, 1.82) is 0 Å². The Bertz CT molecular complexity index is 585. The molecule has 2 aliphatic rings. The van der Waals surface area contributed by atoms with E-state index < -0.39 is 37.4 Å². The van der Waals surface area contributed by atoms with Gasteiger partial charge in [0.25, 0.3) is 0 Å². The third kappa shape index (κ3) is 5.88. The molecule has 0 saturated heterocycles. The molecule has 0 amide bonds. The summed E-state index contributed by atoms with van der Waals surface area (Å²) < 4.78 is 5.41. The number of halogens is 2. The summed E-state index contributed by atoms with van der Waals surface area (Å²) in [4.78, 5) is 0. The summed E-state index contributed by atoms with van der Waals surface area (Å²) in [7, 11) is -2.30. The minimum Gasteiger partial charge on any atom is -0.147 e. The monoisotopic (exact) mass is 478 g/mol. The molecule has 0 heterocycles. The smallest absolute Gasteiger partial charge is 0.147 e. The molecule has 136 valence electrons. The largest absolute Gasteiger partial charge is 0.147 e. The van der Waals surface area contributed by atoms with Crippen LogP contribution in [0.3, 0.4) is 0 Å². The van der Waals surface area contributed by atoms with Crippen molar-refractivity contribution in [3.63, 3.8) is 0 Å². The molecule has 0 saturated carbocycles. The van der Waals surface area contributed by atoms with Gasteiger partial charge in [0.2, 0.25) is 0 Å². The van der Waals surface area contributed by atoms with E-state index in [1.165, 1.54) is 12.8 Å². The molecule has 24 heavy (non-hydrogen) atoms. The van der Waals surface area contributed by atoms with Crippen LogP contribution in [0.15, 0.2) is 41.3 Å². The van der Waals surface area contributed by atoms with E-state index in [0.29, 0.717) is 0 Å². The van der Waals surface area contributed by atoms with Gasteiger partial charge in [-0.2, -0.15) is 0 Å². The van der Waals surface area contributed by atoms with Crippen LogP contribution >= 0.6 is 24.8 Å². The molecule has 0 aromatic carbocycles. The quantitative estimate of drug-likeness (QED) is 0.386. The molecule has 0 atom stereocenters. The molecule has 0 N–H and O–H groups in total. The zero-order valence-electron chi connectivity index (χ0n) is 16.5. The van der Waals surface area contributed by atoms with Gasteiger partial charge in [0, 0.05) is 0 Å². The first-order valence-electron chi connectivity index (χ1n) is 8.51. The minimum absolute atomic E-state index is 0. The van der Waals surface area contributed by atoms with Crippen LogP contribution in [0.2, 0.25) is 39.3 Å². The van der Waals surface area contributed by atoms with Gasteiger partial charge in [-0.15, -0.1) is 24.8 Å². The van der Waals surface area contributed by atoms with E-state index in [1.54, 1.807) is 13.6 Å². The maximum absolute atomic E-state index is 2.63. The van der Waals surface area contributed by atoms with Gasteiger partial charge in [-0.05, 0) is 0 Å². The molecule has 5 heteroatoms. The van der Waals surface area contributed by atoms with Gasteiger partial charge in [0.05, 0.1) is 0 Å². The number of rotatable bonds is 4. The average Bonchev–Trinajstić information content (AvgIpc) is 2.95. The Morgan fingerprint density at radius 3 is 1.29 bits per heavy atom. The van der Waals surface area contributed by atoms with Gasteiger partial charge < -0.3 is 0 Å². The third-order valence-corrected chi connectivity index (χ3v) is 16.1. The fourth-order valence-electron chi connectivity index (χ4n) is 3.29. The van der Waals surface area contributed by atoms with E-state index in [9.17, 15) is 0 Å². The zero-order valence-corrected chi connectivity index (χ0v) is 22.6. The summed E-state index contributed by atoms with van der Waals surface area (Å²) >= 11 is -1.73. The van der Waals surface area contributed by atoms with E-state index in [4.69, 9.17) is 0 Å². The van der Waals surface area contributed by atoms with Crippen LogP contribution < -0.4 is 0 Å². The zero-order chi connectivity index (χ0) is 16.7. The van der Waals surface area contributed by atoms with Crippen LogP contribution in [0.5, 0.6) is 0 Å². The van der Waals surface area contributed by atoms with Crippen LogP contribution in [0.4, 0.5) is 0 Å². The fourth-order valence-corrected chi connectivity index (χ4v) is 13.8. The standard InChI is InChI=1S/2C8H13Si.C3H6.2ClH.Zr/c2*1-9(2,3)8-6-4-5-7-8;1-3-2;;;/h2*6-7H,4H2,1-3H3;1-2H3;2*1H;. The van der Waals surface area contributed by atoms with Gasteiger partial charge in [-0.1, -0.05) is 0 Å². The summed E-state index contributed by atoms with van der Waals surface area (Å²) in [5.41, 5.74) is 0. The molecule has 0 radical (unpaired) electrons. The molecule has 0 bridgehead atoms. The van der Waals surface area contributed by atoms with E-state index in [2.05, 4.69) is 77.4 Å². The van der Waals surface area contributed by atoms with Crippen molar-refractivity contribution >= 4 is 44.2 Å². The Hall–Kier alpha value is 0.727. The Morgan fingerprint density at radius 1 is 0.750 bits per heavy atom. The summed E-state index contributed by atoms with van der Waals surface area (Å²) in [6.45, 7) is 19.7. The summed E-state index contributed by atoms with van der Waals surface area (Å²) in [6, 6.07) is 0. The second-order valence-corrected chi connectivity index (χ2v) is 26.6. The van der Waals surface area contributed by atoms with Crippen molar-refractivity contribution in [2.24, 2.45) is 0 Å². The minimum atomic E-state index is -1.73. The van der Waals surface area contributed by atoms with Crippen LogP contribution in [0.1, 0.15) is 26.7 Å². The Balaban J connectivity index is 0.00000264. The Kier molecular flexibility index (Phi) is 9.36. The van der Waals surface area contributed by atoms with Gasteiger partial charge >= 0.3 is 148 Å². The normalized spacial score (nSPS) is 17.2. The second-order valence-electron chi connectivity index (χ2n) is 8.94. The maximum atomic E-state index is 2.63.